The van der Waals surface area contributed by atoms with Crippen molar-refractivity contribution in [2.45, 2.75) is 26.2 Å². The molecule has 1 aromatic heterocycles. The molecule has 0 bridgehead atoms. The molecule has 1 N–H and O–H groups in total. The number of aliphatic hydroxyl groups excluding tert-OH is 1. The molecule has 1 saturated heterocycles. The van der Waals surface area contributed by atoms with Crippen molar-refractivity contribution in [2.75, 3.05) is 31.2 Å². The molecular weight excluding hydrogens is 400 g/mol. The summed E-state index contributed by atoms with van der Waals surface area (Å²) in [7, 11) is 0. The third kappa shape index (κ3) is 3.75. The second-order valence-electron chi connectivity index (χ2n) is 7.60. The summed E-state index contributed by atoms with van der Waals surface area (Å²) in [5.74, 6) is -0.0154. The van der Waals surface area contributed by atoms with Gasteiger partial charge in [0.05, 0.1) is 17.9 Å². The third-order valence-electron chi connectivity index (χ3n) is 5.49. The normalized spacial score (nSPS) is 19.7. The van der Waals surface area contributed by atoms with Crippen LogP contribution in [-0.2, 0) is 9.59 Å². The Kier molecular flexibility index (Phi) is 6.20. The number of hydrogen-bond donors (Lipinski definition) is 1. The number of likely N-dealkylation sites (tertiary alicyclic amines) is 1. The lowest BCUT2D eigenvalue weighted by molar-refractivity contribution is -0.120. The summed E-state index contributed by atoms with van der Waals surface area (Å²) in [5, 5.41) is 11.6. The maximum Gasteiger partial charge on any atom is 0.282 e. The molecule has 1 aromatic carbocycles. The smallest absolute Gasteiger partial charge is 0.282 e. The van der Waals surface area contributed by atoms with Gasteiger partial charge in [0.1, 0.15) is 11.4 Å². The molecule has 2 amide bonds. The number of aliphatic hydroxyl groups is 1. The molecular formula is C23H26N2O4S. The molecule has 0 aliphatic carbocycles. The maximum absolute atomic E-state index is 13.6. The number of imide groups is 1. The Morgan fingerprint density at radius 2 is 2.00 bits per heavy atom. The number of thiophene rings is 1. The van der Waals surface area contributed by atoms with E-state index in [4.69, 9.17) is 4.74 Å². The highest BCUT2D eigenvalue weighted by Gasteiger charge is 2.44. The number of carbonyl (C=O) groups is 2. The molecule has 3 heterocycles. The SMILES string of the molecule is CCCOc1ccccc1N1C(=O)C(c2cccs2)=C(N2CCCC(CO)C2)C1=O. The Hall–Kier alpha value is -2.64. The van der Waals surface area contributed by atoms with Gasteiger partial charge in [-0.05, 0) is 48.8 Å². The highest BCUT2D eigenvalue weighted by molar-refractivity contribution is 7.11. The van der Waals surface area contributed by atoms with Gasteiger partial charge in [-0.15, -0.1) is 11.3 Å². The van der Waals surface area contributed by atoms with Gasteiger partial charge in [-0.2, -0.15) is 0 Å². The monoisotopic (exact) mass is 426 g/mol. The molecule has 0 saturated carbocycles. The Balaban J connectivity index is 1.76. The number of amides is 2. The van der Waals surface area contributed by atoms with Gasteiger partial charge in [-0.25, -0.2) is 4.90 Å². The Labute approximate surface area is 180 Å². The van der Waals surface area contributed by atoms with Crippen LogP contribution in [0, 0.1) is 5.92 Å². The number of carbonyl (C=O) groups excluding carboxylic acids is 2. The highest BCUT2D eigenvalue weighted by atomic mass is 32.1. The molecule has 2 aromatic rings. The number of ether oxygens (including phenoxy) is 1. The summed E-state index contributed by atoms with van der Waals surface area (Å²) in [6.45, 7) is 3.87. The fourth-order valence-electron chi connectivity index (χ4n) is 4.07. The molecule has 30 heavy (non-hydrogen) atoms. The average Bonchev–Trinajstić information content (AvgIpc) is 3.38. The number of benzene rings is 1. The molecule has 2 aliphatic heterocycles. The molecule has 7 heteroatoms. The second kappa shape index (κ2) is 9.02. The van der Waals surface area contributed by atoms with Crippen LogP contribution in [0.1, 0.15) is 31.1 Å². The van der Waals surface area contributed by atoms with Crippen molar-refractivity contribution in [3.8, 4) is 5.75 Å². The third-order valence-corrected chi connectivity index (χ3v) is 6.38. The Morgan fingerprint density at radius 1 is 1.17 bits per heavy atom. The average molecular weight is 427 g/mol. The van der Waals surface area contributed by atoms with Crippen molar-refractivity contribution in [1.29, 1.82) is 0 Å². The van der Waals surface area contributed by atoms with E-state index in [2.05, 4.69) is 0 Å². The lowest BCUT2D eigenvalue weighted by Gasteiger charge is -2.34. The van der Waals surface area contributed by atoms with Gasteiger partial charge in [0, 0.05) is 24.6 Å². The van der Waals surface area contributed by atoms with Crippen molar-refractivity contribution in [3.63, 3.8) is 0 Å². The first-order chi connectivity index (χ1) is 14.7. The first-order valence-corrected chi connectivity index (χ1v) is 11.3. The van der Waals surface area contributed by atoms with E-state index in [1.165, 1.54) is 16.2 Å². The predicted octanol–water partition coefficient (Wildman–Crippen LogP) is 3.53. The first-order valence-electron chi connectivity index (χ1n) is 10.4. The lowest BCUT2D eigenvalue weighted by Crippen LogP contribution is -2.40. The van der Waals surface area contributed by atoms with Crippen LogP contribution in [0.4, 0.5) is 5.69 Å². The van der Waals surface area contributed by atoms with E-state index in [1.807, 2.05) is 35.4 Å². The zero-order chi connectivity index (χ0) is 21.1. The number of anilines is 1. The Morgan fingerprint density at radius 3 is 2.73 bits per heavy atom. The number of hydrogen-bond acceptors (Lipinski definition) is 6. The molecule has 0 radical (unpaired) electrons. The van der Waals surface area contributed by atoms with Gasteiger partial charge in [-0.3, -0.25) is 9.59 Å². The van der Waals surface area contributed by atoms with Crippen LogP contribution < -0.4 is 9.64 Å². The Bertz CT molecular complexity index is 954. The predicted molar refractivity (Wildman–Crippen MR) is 117 cm³/mol. The summed E-state index contributed by atoms with van der Waals surface area (Å²) in [4.78, 5) is 31.2. The van der Waals surface area contributed by atoms with Crippen molar-refractivity contribution < 1.29 is 19.4 Å². The number of para-hydroxylation sites is 2. The molecule has 1 fully saturated rings. The first kappa shape index (κ1) is 20.6. The zero-order valence-corrected chi connectivity index (χ0v) is 17.9. The van der Waals surface area contributed by atoms with Crippen molar-refractivity contribution in [3.05, 3.63) is 52.4 Å². The quantitative estimate of drug-likeness (QED) is 0.686. The largest absolute Gasteiger partial charge is 0.491 e. The molecule has 158 valence electrons. The summed E-state index contributed by atoms with van der Waals surface area (Å²) in [5.41, 5.74) is 1.35. The van der Waals surface area contributed by atoms with Crippen molar-refractivity contribution >= 4 is 34.4 Å². The fourth-order valence-corrected chi connectivity index (χ4v) is 4.83. The van der Waals surface area contributed by atoms with Crippen LogP contribution in [0.2, 0.25) is 0 Å². The van der Waals surface area contributed by atoms with Crippen LogP contribution in [0.5, 0.6) is 5.75 Å². The van der Waals surface area contributed by atoms with E-state index < -0.39 is 0 Å². The minimum Gasteiger partial charge on any atom is -0.491 e. The van der Waals surface area contributed by atoms with Crippen molar-refractivity contribution in [2.24, 2.45) is 5.92 Å². The summed E-state index contributed by atoms with van der Waals surface area (Å²) < 4.78 is 5.83. The highest BCUT2D eigenvalue weighted by Crippen LogP contribution is 2.40. The van der Waals surface area contributed by atoms with Gasteiger partial charge in [-0.1, -0.05) is 25.1 Å². The summed E-state index contributed by atoms with van der Waals surface area (Å²) in [6, 6.07) is 10.9. The van der Waals surface area contributed by atoms with E-state index >= 15 is 0 Å². The van der Waals surface area contributed by atoms with Crippen molar-refractivity contribution in [1.82, 2.24) is 4.90 Å². The van der Waals surface area contributed by atoms with Crippen LogP contribution in [0.25, 0.3) is 5.57 Å². The topological polar surface area (TPSA) is 70.1 Å². The molecule has 4 rings (SSSR count). The standard InChI is InChI=1S/C23H26N2O4S/c1-2-12-29-18-9-4-3-8-17(18)25-22(27)20(19-10-6-13-30-19)21(23(25)28)24-11-5-7-16(14-24)15-26/h3-4,6,8-10,13,16,26H,2,5,7,11-12,14-15H2,1H3. The van der Waals surface area contributed by atoms with E-state index in [0.717, 1.165) is 24.1 Å². The molecule has 0 spiro atoms. The van der Waals surface area contributed by atoms with Gasteiger partial charge in [0.25, 0.3) is 11.8 Å². The molecule has 6 nitrogen and oxygen atoms in total. The number of rotatable bonds is 7. The number of piperidine rings is 1. The van der Waals surface area contributed by atoms with Crippen LogP contribution >= 0.6 is 11.3 Å². The molecule has 1 unspecified atom stereocenters. The minimum absolute atomic E-state index is 0.0810. The van der Waals surface area contributed by atoms with Crippen LogP contribution in [-0.4, -0.2) is 48.1 Å². The molecule has 1 atom stereocenters. The zero-order valence-electron chi connectivity index (χ0n) is 17.0. The van der Waals surface area contributed by atoms with E-state index in [0.29, 0.717) is 42.4 Å². The maximum atomic E-state index is 13.6. The van der Waals surface area contributed by atoms with Gasteiger partial charge < -0.3 is 14.7 Å². The van der Waals surface area contributed by atoms with Crippen LogP contribution in [0.15, 0.2) is 47.5 Å². The minimum atomic E-state index is -0.325. The molecule has 2 aliphatic rings. The van der Waals surface area contributed by atoms with Crippen LogP contribution in [0.3, 0.4) is 0 Å². The summed E-state index contributed by atoms with van der Waals surface area (Å²) >= 11 is 1.45. The lowest BCUT2D eigenvalue weighted by atomic mass is 9.98. The van der Waals surface area contributed by atoms with E-state index in [1.54, 1.807) is 18.2 Å². The van der Waals surface area contributed by atoms with E-state index in [9.17, 15) is 14.7 Å². The fraction of sp³-hybridized carbons (Fsp3) is 0.391. The van der Waals surface area contributed by atoms with Gasteiger partial charge in [0.2, 0.25) is 0 Å². The van der Waals surface area contributed by atoms with Gasteiger partial charge in [0.15, 0.2) is 0 Å². The second-order valence-corrected chi connectivity index (χ2v) is 8.55. The number of nitrogens with zero attached hydrogens (tertiary/aromatic N) is 2. The van der Waals surface area contributed by atoms with E-state index in [-0.39, 0.29) is 24.3 Å². The summed E-state index contributed by atoms with van der Waals surface area (Å²) in [6.07, 6.45) is 2.63. The van der Waals surface area contributed by atoms with Gasteiger partial charge >= 0.3 is 0 Å².